The number of nitrogens with zero attached hydrogens (tertiary/aromatic N) is 1. The Morgan fingerprint density at radius 3 is 2.88 bits per heavy atom. The zero-order valence-electron chi connectivity index (χ0n) is 9.53. The maximum absolute atomic E-state index is 14.4. The number of carbonyl (C=O) groups is 1. The Bertz CT molecular complexity index is 436. The van der Waals surface area contributed by atoms with Gasteiger partial charge in [0.25, 0.3) is 5.91 Å². The molecule has 2 atom stereocenters. The van der Waals surface area contributed by atoms with Crippen LogP contribution < -0.4 is 5.32 Å². The first kappa shape index (κ1) is 10.7. The van der Waals surface area contributed by atoms with E-state index in [1.807, 2.05) is 35.2 Å². The quantitative estimate of drug-likeness (QED) is 0.826. The lowest BCUT2D eigenvalue weighted by Crippen LogP contribution is -2.40. The van der Waals surface area contributed by atoms with E-state index >= 15 is 0 Å². The number of fused-ring (bicyclic) bond motifs is 1. The van der Waals surface area contributed by atoms with Crippen LogP contribution in [0, 0.1) is 5.92 Å². The summed E-state index contributed by atoms with van der Waals surface area (Å²) in [6, 6.07) is 9.97. The molecule has 1 unspecified atom stereocenters. The summed E-state index contributed by atoms with van der Waals surface area (Å²) in [6.07, 6.45) is 0. The summed E-state index contributed by atoms with van der Waals surface area (Å²) in [5.41, 5.74) is -0.495. The molecule has 0 bridgehead atoms. The van der Waals surface area contributed by atoms with Crippen LogP contribution in [0.4, 0.5) is 4.39 Å². The van der Waals surface area contributed by atoms with E-state index in [0.29, 0.717) is 13.1 Å². The molecule has 2 heterocycles. The van der Waals surface area contributed by atoms with Crippen molar-refractivity contribution in [3.8, 4) is 0 Å². The molecular formula is C13H15FN2O. The lowest BCUT2D eigenvalue weighted by molar-refractivity contribution is -0.129. The van der Waals surface area contributed by atoms with Gasteiger partial charge < -0.3 is 5.32 Å². The van der Waals surface area contributed by atoms with Crippen LogP contribution in [0.3, 0.4) is 0 Å². The Labute approximate surface area is 99.6 Å². The van der Waals surface area contributed by atoms with Gasteiger partial charge >= 0.3 is 0 Å². The molecule has 2 fully saturated rings. The summed E-state index contributed by atoms with van der Waals surface area (Å²) in [4.78, 5) is 13.5. The number of hydrogen-bond acceptors (Lipinski definition) is 2. The number of benzene rings is 1. The molecule has 17 heavy (non-hydrogen) atoms. The predicted molar refractivity (Wildman–Crippen MR) is 62.1 cm³/mol. The van der Waals surface area contributed by atoms with E-state index in [4.69, 9.17) is 0 Å². The van der Waals surface area contributed by atoms with E-state index in [1.165, 1.54) is 0 Å². The standard InChI is InChI=1S/C13H15FN2O/c14-13-9-16(7-10-4-2-1-3-5-10)8-11(13)6-15-12(13)17/h1-5,11H,6-9H2,(H,15,17)/t11?,13-/m1/s1. The summed E-state index contributed by atoms with van der Waals surface area (Å²) >= 11 is 0. The molecule has 2 saturated heterocycles. The zero-order chi connectivity index (χ0) is 11.9. The fourth-order valence-electron chi connectivity index (χ4n) is 2.78. The van der Waals surface area contributed by atoms with Crippen LogP contribution in [0.15, 0.2) is 30.3 Å². The second-order valence-corrected chi connectivity index (χ2v) is 4.92. The number of alkyl halides is 1. The minimum atomic E-state index is -1.66. The van der Waals surface area contributed by atoms with Crippen LogP contribution >= 0.6 is 0 Å². The Hall–Kier alpha value is -1.42. The van der Waals surface area contributed by atoms with Gasteiger partial charge in [-0.15, -0.1) is 0 Å². The van der Waals surface area contributed by atoms with Crippen LogP contribution in [-0.4, -0.2) is 36.1 Å². The predicted octanol–water partition coefficient (Wildman–Crippen LogP) is 0.956. The van der Waals surface area contributed by atoms with Gasteiger partial charge in [-0.1, -0.05) is 30.3 Å². The molecule has 3 nitrogen and oxygen atoms in total. The highest BCUT2D eigenvalue weighted by atomic mass is 19.1. The van der Waals surface area contributed by atoms with Gasteiger partial charge in [0.2, 0.25) is 5.67 Å². The Morgan fingerprint density at radius 1 is 1.41 bits per heavy atom. The van der Waals surface area contributed by atoms with Gasteiger partial charge in [0.05, 0.1) is 0 Å². The Morgan fingerprint density at radius 2 is 2.18 bits per heavy atom. The van der Waals surface area contributed by atoms with Crippen molar-refractivity contribution in [2.45, 2.75) is 12.2 Å². The largest absolute Gasteiger partial charge is 0.353 e. The summed E-state index contributed by atoms with van der Waals surface area (Å²) in [7, 11) is 0. The number of nitrogens with one attached hydrogen (secondary N) is 1. The summed E-state index contributed by atoms with van der Waals surface area (Å²) in [5.74, 6) is -0.614. The SMILES string of the molecule is O=C1NCC2CN(Cc3ccccc3)C[C@]12F. The Kier molecular flexibility index (Phi) is 2.40. The van der Waals surface area contributed by atoms with E-state index in [1.54, 1.807) is 0 Å². The molecule has 90 valence electrons. The van der Waals surface area contributed by atoms with Crippen molar-refractivity contribution in [1.82, 2.24) is 10.2 Å². The molecule has 2 aliphatic heterocycles. The number of amides is 1. The van der Waals surface area contributed by atoms with Gasteiger partial charge in [0.1, 0.15) is 0 Å². The number of hydrogen-bond donors (Lipinski definition) is 1. The molecule has 1 aromatic carbocycles. The molecule has 4 heteroatoms. The highest BCUT2D eigenvalue weighted by molar-refractivity contribution is 5.88. The molecule has 3 rings (SSSR count). The first-order valence-corrected chi connectivity index (χ1v) is 5.92. The van der Waals surface area contributed by atoms with Crippen molar-refractivity contribution < 1.29 is 9.18 Å². The van der Waals surface area contributed by atoms with Crippen molar-refractivity contribution in [2.75, 3.05) is 19.6 Å². The van der Waals surface area contributed by atoms with Gasteiger partial charge in [-0.25, -0.2) is 4.39 Å². The van der Waals surface area contributed by atoms with Crippen LogP contribution in [-0.2, 0) is 11.3 Å². The van der Waals surface area contributed by atoms with Crippen LogP contribution in [0.2, 0.25) is 0 Å². The van der Waals surface area contributed by atoms with Crippen molar-refractivity contribution in [3.05, 3.63) is 35.9 Å². The van der Waals surface area contributed by atoms with Gasteiger partial charge in [-0.3, -0.25) is 9.69 Å². The molecule has 1 aromatic rings. The van der Waals surface area contributed by atoms with Crippen molar-refractivity contribution in [2.24, 2.45) is 5.92 Å². The molecule has 0 spiro atoms. The maximum atomic E-state index is 14.4. The molecule has 1 N–H and O–H groups in total. The second-order valence-electron chi connectivity index (χ2n) is 4.92. The van der Waals surface area contributed by atoms with Crippen molar-refractivity contribution in [1.29, 1.82) is 0 Å². The van der Waals surface area contributed by atoms with E-state index in [0.717, 1.165) is 12.1 Å². The van der Waals surface area contributed by atoms with E-state index in [2.05, 4.69) is 5.32 Å². The third-order valence-electron chi connectivity index (χ3n) is 3.71. The van der Waals surface area contributed by atoms with Crippen LogP contribution in [0.25, 0.3) is 0 Å². The average Bonchev–Trinajstić information content (AvgIpc) is 2.77. The fourth-order valence-corrected chi connectivity index (χ4v) is 2.78. The molecular weight excluding hydrogens is 219 g/mol. The van der Waals surface area contributed by atoms with Gasteiger partial charge in [0, 0.05) is 32.1 Å². The monoisotopic (exact) mass is 234 g/mol. The number of carbonyl (C=O) groups excluding carboxylic acids is 1. The van der Waals surface area contributed by atoms with Crippen molar-refractivity contribution >= 4 is 5.91 Å². The van der Waals surface area contributed by atoms with Crippen LogP contribution in [0.5, 0.6) is 0 Å². The molecule has 0 radical (unpaired) electrons. The van der Waals surface area contributed by atoms with Crippen molar-refractivity contribution in [3.63, 3.8) is 0 Å². The van der Waals surface area contributed by atoms with Gasteiger partial charge in [-0.2, -0.15) is 0 Å². The second kappa shape index (κ2) is 3.81. The minimum Gasteiger partial charge on any atom is -0.353 e. The van der Waals surface area contributed by atoms with E-state index < -0.39 is 11.6 Å². The Balaban J connectivity index is 1.71. The molecule has 0 aromatic heterocycles. The third-order valence-corrected chi connectivity index (χ3v) is 3.71. The first-order chi connectivity index (χ1) is 8.18. The summed E-state index contributed by atoms with van der Waals surface area (Å²) in [5, 5.41) is 2.61. The van der Waals surface area contributed by atoms with Gasteiger partial charge in [-0.05, 0) is 5.56 Å². The lowest BCUT2D eigenvalue weighted by Gasteiger charge is -2.17. The number of rotatable bonds is 2. The first-order valence-electron chi connectivity index (χ1n) is 5.92. The number of halogens is 1. The zero-order valence-corrected chi connectivity index (χ0v) is 9.53. The van der Waals surface area contributed by atoms with Crippen LogP contribution in [0.1, 0.15) is 5.56 Å². The smallest absolute Gasteiger partial charge is 0.259 e. The average molecular weight is 234 g/mol. The molecule has 0 aliphatic carbocycles. The molecule has 2 aliphatic rings. The normalized spacial score (nSPS) is 32.5. The summed E-state index contributed by atoms with van der Waals surface area (Å²) < 4.78 is 14.4. The highest BCUT2D eigenvalue weighted by Gasteiger charge is 2.56. The number of likely N-dealkylation sites (tertiary alicyclic amines) is 1. The summed E-state index contributed by atoms with van der Waals surface area (Å²) in [6.45, 7) is 2.07. The third kappa shape index (κ3) is 1.72. The highest BCUT2D eigenvalue weighted by Crippen LogP contribution is 2.35. The lowest BCUT2D eigenvalue weighted by atomic mass is 9.97. The maximum Gasteiger partial charge on any atom is 0.259 e. The minimum absolute atomic E-state index is 0.182. The van der Waals surface area contributed by atoms with E-state index in [9.17, 15) is 9.18 Å². The van der Waals surface area contributed by atoms with Gasteiger partial charge in [0.15, 0.2) is 0 Å². The fraction of sp³-hybridized carbons (Fsp3) is 0.462. The molecule has 1 amide bonds. The van der Waals surface area contributed by atoms with E-state index in [-0.39, 0.29) is 12.5 Å². The molecule has 0 saturated carbocycles. The topological polar surface area (TPSA) is 32.3 Å².